The van der Waals surface area contributed by atoms with E-state index < -0.39 is 10.0 Å². The minimum Gasteiger partial charge on any atom is -0.351 e. The van der Waals surface area contributed by atoms with Crippen molar-refractivity contribution in [2.45, 2.75) is 6.42 Å². The number of carbonyl (C=O) groups excluding carboxylic acids is 1. The minimum absolute atomic E-state index is 0.0994. The van der Waals surface area contributed by atoms with E-state index in [9.17, 15) is 13.2 Å². The van der Waals surface area contributed by atoms with Crippen LogP contribution in [0.5, 0.6) is 0 Å². The molecular weight excluding hydrogens is 342 g/mol. The molecule has 18 heavy (non-hydrogen) atoms. The van der Waals surface area contributed by atoms with Crippen LogP contribution in [0.2, 0.25) is 0 Å². The Morgan fingerprint density at radius 2 is 2.28 bits per heavy atom. The third-order valence-electron chi connectivity index (χ3n) is 1.64. The Morgan fingerprint density at radius 3 is 2.83 bits per heavy atom. The number of rotatable bonds is 6. The number of nitrogens with one attached hydrogen (secondary N) is 2. The SMILES string of the molecule is C=C(Br)CNC(=O)Cc1csc(NS(C)(=O)=O)n1. The first-order chi connectivity index (χ1) is 8.26. The average Bonchev–Trinajstić information content (AvgIpc) is 2.59. The van der Waals surface area contributed by atoms with Gasteiger partial charge in [-0.05, 0) is 0 Å². The maximum absolute atomic E-state index is 11.5. The smallest absolute Gasteiger partial charge is 0.231 e. The first-order valence-electron chi connectivity index (χ1n) is 4.78. The van der Waals surface area contributed by atoms with Crippen LogP contribution < -0.4 is 10.0 Å². The van der Waals surface area contributed by atoms with Gasteiger partial charge in [-0.1, -0.05) is 22.5 Å². The van der Waals surface area contributed by atoms with E-state index in [4.69, 9.17) is 0 Å². The van der Waals surface area contributed by atoms with Crippen LogP contribution in [0.1, 0.15) is 5.69 Å². The van der Waals surface area contributed by atoms with Crippen molar-refractivity contribution in [3.8, 4) is 0 Å². The van der Waals surface area contributed by atoms with Gasteiger partial charge in [0.1, 0.15) is 0 Å². The monoisotopic (exact) mass is 353 g/mol. The fraction of sp³-hybridized carbons (Fsp3) is 0.333. The number of halogens is 1. The molecule has 0 atom stereocenters. The number of aromatic nitrogens is 1. The van der Waals surface area contributed by atoms with E-state index in [2.05, 4.69) is 37.5 Å². The van der Waals surface area contributed by atoms with Crippen LogP contribution in [0.25, 0.3) is 0 Å². The summed E-state index contributed by atoms with van der Waals surface area (Å²) in [5, 5.41) is 4.52. The van der Waals surface area contributed by atoms with Crippen LogP contribution in [0.15, 0.2) is 16.4 Å². The Hall–Kier alpha value is -0.930. The average molecular weight is 354 g/mol. The molecule has 0 fully saturated rings. The minimum atomic E-state index is -3.33. The van der Waals surface area contributed by atoms with Crippen molar-refractivity contribution in [1.82, 2.24) is 10.3 Å². The molecule has 1 aromatic rings. The van der Waals surface area contributed by atoms with Gasteiger partial charge in [-0.25, -0.2) is 13.4 Å². The van der Waals surface area contributed by atoms with E-state index in [1.807, 2.05) is 0 Å². The molecule has 1 heterocycles. The number of amides is 1. The highest BCUT2D eigenvalue weighted by atomic mass is 79.9. The van der Waals surface area contributed by atoms with Crippen molar-refractivity contribution in [2.75, 3.05) is 17.5 Å². The van der Waals surface area contributed by atoms with Gasteiger partial charge in [-0.15, -0.1) is 11.3 Å². The lowest BCUT2D eigenvalue weighted by molar-refractivity contribution is -0.120. The Bertz CT molecular complexity index is 553. The van der Waals surface area contributed by atoms with Crippen molar-refractivity contribution in [1.29, 1.82) is 0 Å². The van der Waals surface area contributed by atoms with E-state index in [1.165, 1.54) is 0 Å². The van der Waals surface area contributed by atoms with Crippen LogP contribution in [0.4, 0.5) is 5.13 Å². The van der Waals surface area contributed by atoms with Gasteiger partial charge in [0.2, 0.25) is 15.9 Å². The topological polar surface area (TPSA) is 88.2 Å². The lowest BCUT2D eigenvalue weighted by Crippen LogP contribution is -2.26. The van der Waals surface area contributed by atoms with E-state index in [0.29, 0.717) is 16.7 Å². The zero-order chi connectivity index (χ0) is 13.8. The highest BCUT2D eigenvalue weighted by Gasteiger charge is 2.10. The molecule has 0 aromatic carbocycles. The number of thiazole rings is 1. The molecule has 100 valence electrons. The van der Waals surface area contributed by atoms with Gasteiger partial charge in [-0.2, -0.15) is 0 Å². The molecular formula is C9H12BrN3O3S2. The number of carbonyl (C=O) groups is 1. The molecule has 0 aliphatic rings. The fourth-order valence-electron chi connectivity index (χ4n) is 1.02. The zero-order valence-electron chi connectivity index (χ0n) is 9.57. The van der Waals surface area contributed by atoms with E-state index in [0.717, 1.165) is 17.6 Å². The normalized spacial score (nSPS) is 11.0. The maximum atomic E-state index is 11.5. The molecule has 0 unspecified atom stereocenters. The fourth-order valence-corrected chi connectivity index (χ4v) is 2.72. The summed E-state index contributed by atoms with van der Waals surface area (Å²) < 4.78 is 24.9. The maximum Gasteiger partial charge on any atom is 0.231 e. The van der Waals surface area contributed by atoms with E-state index >= 15 is 0 Å². The summed E-state index contributed by atoms with van der Waals surface area (Å²) >= 11 is 4.26. The molecule has 6 nitrogen and oxygen atoms in total. The zero-order valence-corrected chi connectivity index (χ0v) is 12.8. The molecule has 9 heteroatoms. The summed E-state index contributed by atoms with van der Waals surface area (Å²) in [5.41, 5.74) is 0.517. The van der Waals surface area contributed by atoms with Gasteiger partial charge < -0.3 is 5.32 Å². The number of anilines is 1. The van der Waals surface area contributed by atoms with Crippen molar-refractivity contribution in [3.05, 3.63) is 22.1 Å². The second-order valence-corrected chi connectivity index (χ2v) is 7.22. The number of sulfonamides is 1. The van der Waals surface area contributed by atoms with Crippen LogP contribution in [0.3, 0.4) is 0 Å². The van der Waals surface area contributed by atoms with Gasteiger partial charge in [0.15, 0.2) is 5.13 Å². The first-order valence-corrected chi connectivity index (χ1v) is 8.35. The van der Waals surface area contributed by atoms with Gasteiger partial charge in [0, 0.05) is 16.4 Å². The van der Waals surface area contributed by atoms with Crippen molar-refractivity contribution in [2.24, 2.45) is 0 Å². The van der Waals surface area contributed by atoms with E-state index in [1.54, 1.807) is 5.38 Å². The molecule has 2 N–H and O–H groups in total. The van der Waals surface area contributed by atoms with Gasteiger partial charge in [0.05, 0.1) is 18.4 Å². The Morgan fingerprint density at radius 1 is 1.61 bits per heavy atom. The number of hydrogen-bond acceptors (Lipinski definition) is 5. The third-order valence-corrected chi connectivity index (χ3v) is 3.42. The quantitative estimate of drug-likeness (QED) is 0.800. The predicted molar refractivity (Wildman–Crippen MR) is 75.4 cm³/mol. The summed E-state index contributed by atoms with van der Waals surface area (Å²) in [6.45, 7) is 3.93. The summed E-state index contributed by atoms with van der Waals surface area (Å²) in [6, 6.07) is 0. The van der Waals surface area contributed by atoms with Crippen molar-refractivity contribution >= 4 is 48.3 Å². The van der Waals surface area contributed by atoms with Crippen LogP contribution >= 0.6 is 27.3 Å². The summed E-state index contributed by atoms with van der Waals surface area (Å²) in [7, 11) is -3.33. The predicted octanol–water partition coefficient (Wildman–Crippen LogP) is 1.08. The third kappa shape index (κ3) is 6.12. The van der Waals surface area contributed by atoms with Gasteiger partial charge >= 0.3 is 0 Å². The summed E-state index contributed by atoms with van der Waals surface area (Å²) in [6.07, 6.45) is 1.14. The lowest BCUT2D eigenvalue weighted by atomic mass is 10.3. The van der Waals surface area contributed by atoms with Gasteiger partial charge in [0.25, 0.3) is 0 Å². The van der Waals surface area contributed by atoms with Crippen LogP contribution in [0, 0.1) is 0 Å². The Labute approximate surface area is 118 Å². The summed E-state index contributed by atoms with van der Waals surface area (Å²) in [5.74, 6) is -0.202. The molecule has 0 radical (unpaired) electrons. The number of nitrogens with zero attached hydrogens (tertiary/aromatic N) is 1. The van der Waals surface area contributed by atoms with Crippen LogP contribution in [-0.2, 0) is 21.2 Å². The van der Waals surface area contributed by atoms with Crippen molar-refractivity contribution < 1.29 is 13.2 Å². The Kier molecular flexibility index (Phi) is 5.29. The molecule has 1 amide bonds. The van der Waals surface area contributed by atoms with E-state index in [-0.39, 0.29) is 17.5 Å². The second-order valence-electron chi connectivity index (χ2n) is 3.49. The summed E-state index contributed by atoms with van der Waals surface area (Å²) in [4.78, 5) is 15.5. The molecule has 1 rings (SSSR count). The molecule has 0 aliphatic heterocycles. The molecule has 0 saturated carbocycles. The standard InChI is InChI=1S/C9H12BrN3O3S2/c1-6(10)4-11-8(14)3-7-5-17-9(12-7)13-18(2,15)16/h5H,1,3-4H2,2H3,(H,11,14)(H,12,13). The van der Waals surface area contributed by atoms with Gasteiger partial charge in [-0.3, -0.25) is 9.52 Å². The van der Waals surface area contributed by atoms with Crippen molar-refractivity contribution in [3.63, 3.8) is 0 Å². The largest absolute Gasteiger partial charge is 0.351 e. The molecule has 0 bridgehead atoms. The Balaban J connectivity index is 2.54. The highest BCUT2D eigenvalue weighted by Crippen LogP contribution is 2.16. The first kappa shape index (κ1) is 15.1. The second kappa shape index (κ2) is 6.30. The van der Waals surface area contributed by atoms with Crippen LogP contribution in [-0.4, -0.2) is 32.1 Å². The molecule has 0 aliphatic carbocycles. The molecule has 0 saturated heterocycles. The number of hydrogen-bond donors (Lipinski definition) is 2. The highest BCUT2D eigenvalue weighted by molar-refractivity contribution is 9.11. The lowest BCUT2D eigenvalue weighted by Gasteiger charge is -2.01. The molecule has 0 spiro atoms. The molecule has 1 aromatic heterocycles.